The normalized spacial score (nSPS) is 11.6. The number of anilines is 3. The second-order valence-electron chi connectivity index (χ2n) is 8.76. The second kappa shape index (κ2) is 11.2. The lowest BCUT2D eigenvalue weighted by molar-refractivity contribution is -0.114. The zero-order valence-electron chi connectivity index (χ0n) is 21.5. The molecule has 0 aliphatic carbocycles. The maximum absolute atomic E-state index is 13.5. The summed E-state index contributed by atoms with van der Waals surface area (Å²) in [7, 11) is -8.03. The van der Waals surface area contributed by atoms with Gasteiger partial charge >= 0.3 is 0 Å². The Balaban J connectivity index is 1.53. The lowest BCUT2D eigenvalue weighted by atomic mass is 10.2. The Hall–Kier alpha value is -4.29. The Bertz CT molecular complexity index is 1690. The number of nitrogens with one attached hydrogen (secondary N) is 2. The monoisotopic (exact) mass is 565 g/mol. The van der Waals surface area contributed by atoms with E-state index in [0.29, 0.717) is 28.3 Å². The van der Waals surface area contributed by atoms with Gasteiger partial charge in [-0.15, -0.1) is 0 Å². The third kappa shape index (κ3) is 6.59. The molecule has 0 aliphatic rings. The third-order valence-corrected chi connectivity index (χ3v) is 8.78. The molecule has 0 spiro atoms. The van der Waals surface area contributed by atoms with Crippen LogP contribution in [-0.2, 0) is 24.8 Å². The van der Waals surface area contributed by atoms with Crippen LogP contribution in [0.2, 0.25) is 0 Å². The van der Waals surface area contributed by atoms with Gasteiger partial charge in [-0.05, 0) is 74.9 Å². The van der Waals surface area contributed by atoms with Gasteiger partial charge in [0.1, 0.15) is 6.54 Å². The fourth-order valence-electron chi connectivity index (χ4n) is 3.86. The number of sulfonamides is 2. The van der Waals surface area contributed by atoms with Crippen LogP contribution >= 0.6 is 0 Å². The first-order valence-electron chi connectivity index (χ1n) is 11.8. The van der Waals surface area contributed by atoms with Crippen LogP contribution < -0.4 is 14.3 Å². The van der Waals surface area contributed by atoms with Gasteiger partial charge < -0.3 is 5.32 Å². The fourth-order valence-corrected chi connectivity index (χ4v) is 6.31. The number of nitrogens with zero attached hydrogens (tertiary/aromatic N) is 3. The van der Waals surface area contributed by atoms with Crippen molar-refractivity contribution in [3.05, 3.63) is 102 Å². The molecule has 0 saturated heterocycles. The van der Waals surface area contributed by atoms with Crippen molar-refractivity contribution in [1.29, 1.82) is 0 Å². The van der Waals surface area contributed by atoms with E-state index in [2.05, 4.69) is 20.0 Å². The number of hydrogen-bond acceptors (Lipinski definition) is 7. The Morgan fingerprint density at radius 3 is 1.97 bits per heavy atom. The van der Waals surface area contributed by atoms with E-state index in [-0.39, 0.29) is 15.7 Å². The fraction of sp³-hybridized carbons (Fsp3) is 0.148. The highest BCUT2D eigenvalue weighted by molar-refractivity contribution is 7.93. The molecule has 0 atom stereocenters. The van der Waals surface area contributed by atoms with Crippen molar-refractivity contribution < 1.29 is 21.6 Å². The predicted molar refractivity (Wildman–Crippen MR) is 150 cm³/mol. The molecular weight excluding hydrogens is 538 g/mol. The molecule has 10 nitrogen and oxygen atoms in total. The Morgan fingerprint density at radius 1 is 0.769 bits per heavy atom. The van der Waals surface area contributed by atoms with E-state index in [0.717, 1.165) is 4.31 Å². The van der Waals surface area contributed by atoms with E-state index in [1.165, 1.54) is 36.4 Å². The van der Waals surface area contributed by atoms with Crippen molar-refractivity contribution in [2.75, 3.05) is 20.9 Å². The molecule has 202 valence electrons. The van der Waals surface area contributed by atoms with Crippen LogP contribution in [-0.4, -0.2) is 39.3 Å². The molecule has 39 heavy (non-hydrogen) atoms. The molecule has 0 saturated carbocycles. The zero-order valence-corrected chi connectivity index (χ0v) is 23.1. The Labute approximate surface area is 227 Å². The first-order chi connectivity index (χ1) is 18.5. The van der Waals surface area contributed by atoms with Crippen molar-refractivity contribution in [3.63, 3.8) is 0 Å². The number of hydrogen-bond donors (Lipinski definition) is 2. The molecule has 4 rings (SSSR count). The van der Waals surface area contributed by atoms with Crippen LogP contribution in [0.15, 0.2) is 94.7 Å². The second-order valence-corrected chi connectivity index (χ2v) is 12.3. The summed E-state index contributed by atoms with van der Waals surface area (Å²) >= 11 is 0. The quantitative estimate of drug-likeness (QED) is 0.312. The van der Waals surface area contributed by atoms with Crippen LogP contribution in [0.5, 0.6) is 0 Å². The van der Waals surface area contributed by atoms with Gasteiger partial charge in [-0.1, -0.05) is 36.4 Å². The molecule has 3 aromatic carbocycles. The lowest BCUT2D eigenvalue weighted by Crippen LogP contribution is -2.38. The molecule has 0 radical (unpaired) electrons. The zero-order chi connectivity index (χ0) is 28.2. The largest absolute Gasteiger partial charge is 0.325 e. The van der Waals surface area contributed by atoms with Gasteiger partial charge in [-0.3, -0.25) is 9.10 Å². The van der Waals surface area contributed by atoms with Gasteiger partial charge in [0.15, 0.2) is 0 Å². The van der Waals surface area contributed by atoms with Crippen molar-refractivity contribution in [1.82, 2.24) is 9.97 Å². The van der Waals surface area contributed by atoms with Gasteiger partial charge in [0.25, 0.3) is 20.0 Å². The summed E-state index contributed by atoms with van der Waals surface area (Å²) < 4.78 is 55.9. The number of aryl methyl sites for hydroxylation is 3. The van der Waals surface area contributed by atoms with Gasteiger partial charge in [0.05, 0.1) is 15.5 Å². The van der Waals surface area contributed by atoms with Gasteiger partial charge in [-0.2, -0.15) is 0 Å². The van der Waals surface area contributed by atoms with E-state index >= 15 is 0 Å². The van der Waals surface area contributed by atoms with Crippen molar-refractivity contribution in [3.8, 4) is 0 Å². The van der Waals surface area contributed by atoms with E-state index in [4.69, 9.17) is 0 Å². The molecule has 0 bridgehead atoms. The SMILES string of the molecule is Cc1cc(C)nc(NS(=O)(=O)c2ccc(NC(=O)CN(c3ccccc3C)S(=O)(=O)c3ccccc3)cc2)n1. The molecule has 12 heteroatoms. The van der Waals surface area contributed by atoms with E-state index < -0.39 is 32.5 Å². The number of aromatic nitrogens is 2. The Kier molecular flexibility index (Phi) is 7.98. The topological polar surface area (TPSA) is 138 Å². The predicted octanol–water partition coefficient (Wildman–Crippen LogP) is 4.04. The van der Waals surface area contributed by atoms with E-state index in [1.54, 1.807) is 69.3 Å². The van der Waals surface area contributed by atoms with Crippen LogP contribution in [0.4, 0.5) is 17.3 Å². The van der Waals surface area contributed by atoms with Crippen molar-refractivity contribution >= 4 is 43.3 Å². The summed E-state index contributed by atoms with van der Waals surface area (Å²) in [5.74, 6) is -0.643. The minimum atomic E-state index is -4.05. The van der Waals surface area contributed by atoms with Crippen molar-refractivity contribution in [2.24, 2.45) is 0 Å². The average Bonchev–Trinajstić information content (AvgIpc) is 2.88. The molecule has 1 amide bonds. The van der Waals surface area contributed by atoms with Crippen molar-refractivity contribution in [2.45, 2.75) is 30.6 Å². The molecule has 0 aliphatic heterocycles. The highest BCUT2D eigenvalue weighted by Gasteiger charge is 2.28. The molecule has 0 fully saturated rings. The summed E-state index contributed by atoms with van der Waals surface area (Å²) in [6.45, 7) is 4.73. The summed E-state index contributed by atoms with van der Waals surface area (Å²) in [4.78, 5) is 21.2. The summed E-state index contributed by atoms with van der Waals surface area (Å²) in [5.41, 5.74) is 2.58. The number of rotatable bonds is 9. The number of amides is 1. The number of para-hydroxylation sites is 1. The maximum atomic E-state index is 13.5. The summed E-state index contributed by atoms with van der Waals surface area (Å²) in [6.07, 6.45) is 0. The summed E-state index contributed by atoms with van der Waals surface area (Å²) in [6, 6.07) is 21.9. The molecule has 4 aromatic rings. The lowest BCUT2D eigenvalue weighted by Gasteiger charge is -2.25. The van der Waals surface area contributed by atoms with Gasteiger partial charge in [0.2, 0.25) is 11.9 Å². The highest BCUT2D eigenvalue weighted by Crippen LogP contribution is 2.27. The first-order valence-corrected chi connectivity index (χ1v) is 14.8. The molecule has 0 unspecified atom stereocenters. The molecular formula is C27H27N5O5S2. The van der Waals surface area contributed by atoms with E-state index in [9.17, 15) is 21.6 Å². The highest BCUT2D eigenvalue weighted by atomic mass is 32.2. The minimum Gasteiger partial charge on any atom is -0.325 e. The number of carbonyl (C=O) groups excluding carboxylic acids is 1. The maximum Gasteiger partial charge on any atom is 0.264 e. The third-order valence-electron chi connectivity index (χ3n) is 5.66. The minimum absolute atomic E-state index is 0.0409. The average molecular weight is 566 g/mol. The van der Waals surface area contributed by atoms with Crippen LogP contribution in [0.3, 0.4) is 0 Å². The van der Waals surface area contributed by atoms with Gasteiger partial charge in [-0.25, -0.2) is 31.5 Å². The first kappa shape index (κ1) is 27.7. The molecule has 2 N–H and O–H groups in total. The smallest absolute Gasteiger partial charge is 0.264 e. The molecule has 1 aromatic heterocycles. The number of benzene rings is 3. The van der Waals surface area contributed by atoms with E-state index in [1.807, 2.05) is 0 Å². The number of carbonyl (C=O) groups is 1. The Morgan fingerprint density at radius 2 is 1.36 bits per heavy atom. The standard InChI is InChI=1S/C27H27N5O5S2/c1-19-9-7-8-12-25(19)32(39(36,37)24-10-5-4-6-11-24)18-26(33)30-22-13-15-23(16-14-22)38(34,35)31-27-28-20(2)17-21(3)29-27/h4-17H,18H2,1-3H3,(H,30,33)(H,28,29,31). The van der Waals surface area contributed by atoms with Crippen LogP contribution in [0, 0.1) is 20.8 Å². The van der Waals surface area contributed by atoms with Crippen LogP contribution in [0.25, 0.3) is 0 Å². The van der Waals surface area contributed by atoms with Crippen LogP contribution in [0.1, 0.15) is 17.0 Å². The van der Waals surface area contributed by atoms with Gasteiger partial charge in [0, 0.05) is 17.1 Å². The summed E-state index contributed by atoms with van der Waals surface area (Å²) in [5, 5.41) is 2.64. The molecule has 1 heterocycles.